The van der Waals surface area contributed by atoms with Gasteiger partial charge >= 0.3 is 0 Å². The molecule has 0 bridgehead atoms. The van der Waals surface area contributed by atoms with Gasteiger partial charge in [0.15, 0.2) is 0 Å². The van der Waals surface area contributed by atoms with Crippen molar-refractivity contribution in [3.8, 4) is 0 Å². The molecule has 2 aliphatic carbocycles. The Labute approximate surface area is 130 Å². The Hall–Kier alpha value is -2.03. The lowest BCUT2D eigenvalue weighted by molar-refractivity contribution is 0.0636. The summed E-state index contributed by atoms with van der Waals surface area (Å²) >= 11 is 0. The second-order valence-electron chi connectivity index (χ2n) is 6.44. The van der Waals surface area contributed by atoms with E-state index in [4.69, 9.17) is 4.42 Å². The molecule has 0 aliphatic heterocycles. The lowest BCUT2D eigenvalue weighted by Gasteiger charge is -2.36. The van der Waals surface area contributed by atoms with Gasteiger partial charge in [0.1, 0.15) is 5.76 Å². The molecule has 4 rings (SSSR count). The van der Waals surface area contributed by atoms with E-state index in [9.17, 15) is 4.79 Å². The normalized spacial score (nSPS) is 20.5. The number of amides is 1. The van der Waals surface area contributed by atoms with Crippen molar-refractivity contribution >= 4 is 5.91 Å². The molecule has 0 N–H and O–H groups in total. The predicted octanol–water partition coefficient (Wildman–Crippen LogP) is 4.27. The standard InChI is InChI=1S/C19H21NO2/c1-13-16(11-12-22-13)19(21)20(15-9-10-15)18-8-4-6-14-5-2-3-7-17(14)18/h2-3,5,7,11-12,15,18H,4,6,8-10H2,1H3/t18-/m1/s1. The maximum Gasteiger partial charge on any atom is 0.258 e. The third-order valence-corrected chi connectivity index (χ3v) is 4.94. The van der Waals surface area contributed by atoms with E-state index in [0.29, 0.717) is 6.04 Å². The zero-order valence-electron chi connectivity index (χ0n) is 12.9. The lowest BCUT2D eigenvalue weighted by atomic mass is 9.86. The van der Waals surface area contributed by atoms with Gasteiger partial charge in [0, 0.05) is 6.04 Å². The number of hydrogen-bond acceptors (Lipinski definition) is 2. The third-order valence-electron chi connectivity index (χ3n) is 4.94. The summed E-state index contributed by atoms with van der Waals surface area (Å²) in [6, 6.07) is 11.0. The van der Waals surface area contributed by atoms with Crippen molar-refractivity contribution in [1.29, 1.82) is 0 Å². The number of benzene rings is 1. The summed E-state index contributed by atoms with van der Waals surface area (Å²) in [5, 5.41) is 0. The van der Waals surface area contributed by atoms with E-state index in [1.165, 1.54) is 11.1 Å². The lowest BCUT2D eigenvalue weighted by Crippen LogP contribution is -2.38. The summed E-state index contributed by atoms with van der Waals surface area (Å²) in [5.41, 5.74) is 3.46. The number of furan rings is 1. The van der Waals surface area contributed by atoms with E-state index in [-0.39, 0.29) is 11.9 Å². The summed E-state index contributed by atoms with van der Waals surface area (Å²) < 4.78 is 5.35. The first-order valence-electron chi connectivity index (χ1n) is 8.20. The summed E-state index contributed by atoms with van der Waals surface area (Å²) in [6.07, 6.45) is 7.22. The Balaban J connectivity index is 1.72. The number of aryl methyl sites for hydroxylation is 2. The first kappa shape index (κ1) is 13.6. The number of hydrogen-bond donors (Lipinski definition) is 0. The Kier molecular flexibility index (Phi) is 3.29. The molecule has 1 aromatic heterocycles. The van der Waals surface area contributed by atoms with E-state index in [1.54, 1.807) is 6.26 Å². The van der Waals surface area contributed by atoms with Crippen molar-refractivity contribution in [3.63, 3.8) is 0 Å². The molecule has 1 fully saturated rings. The molecule has 0 radical (unpaired) electrons. The second-order valence-corrected chi connectivity index (χ2v) is 6.44. The number of rotatable bonds is 3. The number of fused-ring (bicyclic) bond motifs is 1. The Morgan fingerprint density at radius 3 is 2.73 bits per heavy atom. The van der Waals surface area contributed by atoms with Crippen LogP contribution in [0.3, 0.4) is 0 Å². The molecule has 2 aromatic rings. The van der Waals surface area contributed by atoms with E-state index < -0.39 is 0 Å². The highest BCUT2D eigenvalue weighted by atomic mass is 16.3. The van der Waals surface area contributed by atoms with Crippen LogP contribution in [0.25, 0.3) is 0 Å². The smallest absolute Gasteiger partial charge is 0.258 e. The van der Waals surface area contributed by atoms with Crippen molar-refractivity contribution in [1.82, 2.24) is 4.90 Å². The van der Waals surface area contributed by atoms with Crippen LogP contribution in [0, 0.1) is 6.92 Å². The third kappa shape index (κ3) is 2.25. The van der Waals surface area contributed by atoms with Gasteiger partial charge < -0.3 is 9.32 Å². The van der Waals surface area contributed by atoms with Crippen molar-refractivity contribution in [2.75, 3.05) is 0 Å². The first-order valence-corrected chi connectivity index (χ1v) is 8.20. The summed E-state index contributed by atoms with van der Waals surface area (Å²) in [4.78, 5) is 15.2. The first-order chi connectivity index (χ1) is 10.8. The van der Waals surface area contributed by atoms with Crippen LogP contribution < -0.4 is 0 Å². The van der Waals surface area contributed by atoms with Crippen LogP contribution in [-0.2, 0) is 6.42 Å². The highest BCUT2D eigenvalue weighted by molar-refractivity contribution is 5.95. The average molecular weight is 295 g/mol. The van der Waals surface area contributed by atoms with Gasteiger partial charge in [-0.3, -0.25) is 4.79 Å². The molecule has 1 heterocycles. The van der Waals surface area contributed by atoms with Crippen molar-refractivity contribution in [3.05, 3.63) is 59.0 Å². The number of nitrogens with zero attached hydrogens (tertiary/aromatic N) is 1. The molecule has 0 spiro atoms. The molecule has 0 saturated heterocycles. The molecule has 1 aromatic carbocycles. The van der Waals surface area contributed by atoms with Crippen molar-refractivity contribution in [2.45, 2.75) is 51.1 Å². The number of carbonyl (C=O) groups excluding carboxylic acids is 1. The topological polar surface area (TPSA) is 33.5 Å². The van der Waals surface area contributed by atoms with Crippen LogP contribution >= 0.6 is 0 Å². The van der Waals surface area contributed by atoms with Gasteiger partial charge in [0.05, 0.1) is 17.9 Å². The quantitative estimate of drug-likeness (QED) is 0.847. The molecular weight excluding hydrogens is 274 g/mol. The Bertz CT molecular complexity index is 699. The van der Waals surface area contributed by atoms with Crippen LogP contribution in [0.2, 0.25) is 0 Å². The van der Waals surface area contributed by atoms with Gasteiger partial charge in [0.2, 0.25) is 0 Å². The van der Waals surface area contributed by atoms with Gasteiger partial charge in [-0.2, -0.15) is 0 Å². The minimum Gasteiger partial charge on any atom is -0.469 e. The molecule has 1 atom stereocenters. The van der Waals surface area contributed by atoms with Crippen molar-refractivity contribution < 1.29 is 9.21 Å². The molecule has 2 aliphatic rings. The zero-order valence-corrected chi connectivity index (χ0v) is 12.9. The van der Waals surface area contributed by atoms with Gasteiger partial charge in [-0.15, -0.1) is 0 Å². The van der Waals surface area contributed by atoms with Gasteiger partial charge in [-0.05, 0) is 56.2 Å². The molecule has 1 saturated carbocycles. The monoisotopic (exact) mass is 295 g/mol. The zero-order chi connectivity index (χ0) is 15.1. The highest BCUT2D eigenvalue weighted by Crippen LogP contribution is 2.41. The minimum atomic E-state index is 0.135. The molecule has 0 unspecified atom stereocenters. The van der Waals surface area contributed by atoms with E-state index in [2.05, 4.69) is 29.2 Å². The number of carbonyl (C=O) groups is 1. The molecule has 1 amide bonds. The molecule has 114 valence electrons. The maximum atomic E-state index is 13.1. The highest BCUT2D eigenvalue weighted by Gasteiger charge is 2.40. The summed E-state index contributed by atoms with van der Waals surface area (Å²) in [5.74, 6) is 0.857. The van der Waals surface area contributed by atoms with Crippen LogP contribution in [0.1, 0.15) is 59.0 Å². The maximum absolute atomic E-state index is 13.1. The SMILES string of the molecule is Cc1occc1C(=O)N(C1CC1)[C@@H]1CCCc2ccccc21. The van der Waals surface area contributed by atoms with Crippen LogP contribution in [0.15, 0.2) is 41.0 Å². The van der Waals surface area contributed by atoms with E-state index >= 15 is 0 Å². The summed E-state index contributed by atoms with van der Waals surface area (Å²) in [7, 11) is 0. The van der Waals surface area contributed by atoms with E-state index in [0.717, 1.165) is 43.4 Å². The van der Waals surface area contributed by atoms with Crippen LogP contribution in [0.4, 0.5) is 0 Å². The fourth-order valence-electron chi connectivity index (χ4n) is 3.68. The van der Waals surface area contributed by atoms with E-state index in [1.807, 2.05) is 13.0 Å². The summed E-state index contributed by atoms with van der Waals surface area (Å²) in [6.45, 7) is 1.87. The predicted molar refractivity (Wildman–Crippen MR) is 84.8 cm³/mol. The van der Waals surface area contributed by atoms with Gasteiger partial charge in [0.25, 0.3) is 5.91 Å². The average Bonchev–Trinajstić information content (AvgIpc) is 3.28. The largest absolute Gasteiger partial charge is 0.469 e. The fraction of sp³-hybridized carbons (Fsp3) is 0.421. The molecule has 3 nitrogen and oxygen atoms in total. The second kappa shape index (κ2) is 5.31. The van der Waals surface area contributed by atoms with Gasteiger partial charge in [-0.25, -0.2) is 0 Å². The fourth-order valence-corrected chi connectivity index (χ4v) is 3.68. The van der Waals surface area contributed by atoms with Gasteiger partial charge in [-0.1, -0.05) is 24.3 Å². The Morgan fingerprint density at radius 1 is 1.18 bits per heavy atom. The Morgan fingerprint density at radius 2 is 2.00 bits per heavy atom. The molecule has 3 heteroatoms. The molecule has 22 heavy (non-hydrogen) atoms. The minimum absolute atomic E-state index is 0.135. The van der Waals surface area contributed by atoms with Crippen LogP contribution in [-0.4, -0.2) is 16.8 Å². The molecular formula is C19H21NO2. The van der Waals surface area contributed by atoms with Crippen molar-refractivity contribution in [2.24, 2.45) is 0 Å². The van der Waals surface area contributed by atoms with Crippen LogP contribution in [0.5, 0.6) is 0 Å².